The largest absolute Gasteiger partial charge is 0.341 e. The molecule has 1 aromatic heterocycles. The number of nitrogens with zero attached hydrogens (tertiary/aromatic N) is 2. The lowest BCUT2D eigenvalue weighted by Crippen LogP contribution is -2.37. The Labute approximate surface area is 147 Å². The van der Waals surface area contributed by atoms with Gasteiger partial charge in [-0.25, -0.2) is 0 Å². The minimum Gasteiger partial charge on any atom is -0.341 e. The van der Waals surface area contributed by atoms with Gasteiger partial charge in [0.25, 0.3) is 0 Å². The van der Waals surface area contributed by atoms with Gasteiger partial charge in [-0.3, -0.25) is 9.59 Å². The van der Waals surface area contributed by atoms with Crippen molar-refractivity contribution >= 4 is 35.6 Å². The van der Waals surface area contributed by atoms with Gasteiger partial charge in [0.05, 0.1) is 0 Å². The third-order valence-corrected chi connectivity index (χ3v) is 5.43. The first-order valence-electron chi connectivity index (χ1n) is 8.05. The molecule has 1 saturated heterocycles. The number of fused-ring (bicyclic) bond motifs is 1. The Balaban J connectivity index is 0.00000192. The molecule has 0 radical (unpaired) electrons. The van der Waals surface area contributed by atoms with Crippen molar-refractivity contribution in [3.8, 4) is 0 Å². The second kappa shape index (κ2) is 8.66. The third-order valence-electron chi connectivity index (χ3n) is 4.41. The average Bonchev–Trinajstić information content (AvgIpc) is 2.83. The van der Waals surface area contributed by atoms with Crippen LogP contribution in [0.1, 0.15) is 29.7 Å². The van der Waals surface area contributed by atoms with Crippen LogP contribution in [0.2, 0.25) is 0 Å². The first kappa shape index (κ1) is 18.2. The van der Waals surface area contributed by atoms with E-state index < -0.39 is 0 Å². The van der Waals surface area contributed by atoms with Gasteiger partial charge < -0.3 is 15.1 Å². The van der Waals surface area contributed by atoms with Crippen molar-refractivity contribution in [1.82, 2.24) is 15.1 Å². The Bertz CT molecular complexity index is 541. The molecule has 3 heterocycles. The van der Waals surface area contributed by atoms with Crippen LogP contribution < -0.4 is 5.32 Å². The molecule has 5 nitrogen and oxygen atoms in total. The van der Waals surface area contributed by atoms with Crippen LogP contribution >= 0.6 is 23.7 Å². The molecular formula is C16H24ClN3O2S. The third kappa shape index (κ3) is 4.68. The number of rotatable bonds is 3. The van der Waals surface area contributed by atoms with E-state index in [1.165, 1.54) is 10.4 Å². The molecule has 0 spiro atoms. The zero-order valence-electron chi connectivity index (χ0n) is 13.3. The lowest BCUT2D eigenvalue weighted by Gasteiger charge is -2.27. The highest BCUT2D eigenvalue weighted by atomic mass is 35.5. The molecule has 1 N–H and O–H groups in total. The topological polar surface area (TPSA) is 52.7 Å². The molecule has 0 unspecified atom stereocenters. The highest BCUT2D eigenvalue weighted by Crippen LogP contribution is 2.24. The number of halogens is 1. The number of hydrogen-bond acceptors (Lipinski definition) is 4. The van der Waals surface area contributed by atoms with Gasteiger partial charge >= 0.3 is 0 Å². The standard InChI is InChI=1S/C16H23N3O2S.ClH/c20-15(18-8-1-6-17-7-10-18)2-3-16(21)19-9-4-14-13(12-19)5-11-22-14;/h5,11,17H,1-4,6-10,12H2;1H. The number of nitrogens with one attached hydrogen (secondary N) is 1. The molecule has 2 aliphatic rings. The lowest BCUT2D eigenvalue weighted by atomic mass is 10.1. The maximum Gasteiger partial charge on any atom is 0.223 e. The number of carbonyl (C=O) groups is 2. The molecule has 3 rings (SSSR count). The Morgan fingerprint density at radius 2 is 1.87 bits per heavy atom. The van der Waals surface area contributed by atoms with Crippen LogP contribution in [0.4, 0.5) is 0 Å². The first-order valence-corrected chi connectivity index (χ1v) is 8.93. The van der Waals surface area contributed by atoms with E-state index in [1.54, 1.807) is 11.3 Å². The molecule has 0 bridgehead atoms. The van der Waals surface area contributed by atoms with Crippen LogP contribution in [0.15, 0.2) is 11.4 Å². The van der Waals surface area contributed by atoms with Crippen molar-refractivity contribution in [1.29, 1.82) is 0 Å². The first-order chi connectivity index (χ1) is 10.7. The zero-order chi connectivity index (χ0) is 15.4. The van der Waals surface area contributed by atoms with Gasteiger partial charge in [0, 0.05) is 50.4 Å². The SMILES string of the molecule is Cl.O=C(CCC(=O)N1CCc2sccc2C1)N1CCCNCC1. The van der Waals surface area contributed by atoms with Crippen LogP contribution in [0, 0.1) is 0 Å². The molecule has 1 fully saturated rings. The van der Waals surface area contributed by atoms with Crippen LogP contribution in [-0.2, 0) is 22.6 Å². The number of hydrogen-bond donors (Lipinski definition) is 1. The van der Waals surface area contributed by atoms with Crippen molar-refractivity contribution in [3.63, 3.8) is 0 Å². The highest BCUT2D eigenvalue weighted by Gasteiger charge is 2.23. The Morgan fingerprint density at radius 1 is 1.09 bits per heavy atom. The Hall–Kier alpha value is -1.11. The molecule has 128 valence electrons. The van der Waals surface area contributed by atoms with Crippen LogP contribution in [0.3, 0.4) is 0 Å². The summed E-state index contributed by atoms with van der Waals surface area (Å²) in [6.07, 6.45) is 2.62. The second-order valence-corrected chi connectivity index (χ2v) is 6.92. The summed E-state index contributed by atoms with van der Waals surface area (Å²) in [5.74, 6) is 0.225. The van der Waals surface area contributed by atoms with Crippen molar-refractivity contribution < 1.29 is 9.59 Å². The van der Waals surface area contributed by atoms with E-state index in [4.69, 9.17) is 0 Å². The summed E-state index contributed by atoms with van der Waals surface area (Å²) >= 11 is 1.77. The predicted octanol–water partition coefficient (Wildman–Crippen LogP) is 1.66. The fourth-order valence-electron chi connectivity index (χ4n) is 3.09. The number of amides is 2. The van der Waals surface area contributed by atoms with Crippen molar-refractivity contribution in [3.05, 3.63) is 21.9 Å². The van der Waals surface area contributed by atoms with Gasteiger partial charge in [0.1, 0.15) is 0 Å². The smallest absolute Gasteiger partial charge is 0.223 e. The summed E-state index contributed by atoms with van der Waals surface area (Å²) in [6.45, 7) is 4.89. The van der Waals surface area contributed by atoms with E-state index >= 15 is 0 Å². The summed E-state index contributed by atoms with van der Waals surface area (Å²) in [5, 5.41) is 5.38. The fourth-order valence-corrected chi connectivity index (χ4v) is 3.98. The van der Waals surface area contributed by atoms with Gasteiger partial charge in [-0.15, -0.1) is 23.7 Å². The normalized spacial score (nSPS) is 17.9. The summed E-state index contributed by atoms with van der Waals surface area (Å²) in [5.41, 5.74) is 1.27. The van der Waals surface area contributed by atoms with Gasteiger partial charge in [0.2, 0.25) is 11.8 Å². The summed E-state index contributed by atoms with van der Waals surface area (Å²) < 4.78 is 0. The molecular weight excluding hydrogens is 334 g/mol. The van der Waals surface area contributed by atoms with E-state index in [0.717, 1.165) is 45.6 Å². The average molecular weight is 358 g/mol. The molecule has 0 atom stereocenters. The summed E-state index contributed by atoms with van der Waals surface area (Å²) in [6, 6.07) is 2.11. The molecule has 0 saturated carbocycles. The van der Waals surface area contributed by atoms with Gasteiger partial charge in [-0.05, 0) is 36.4 Å². The molecule has 7 heteroatoms. The Morgan fingerprint density at radius 3 is 2.70 bits per heavy atom. The van der Waals surface area contributed by atoms with E-state index in [1.807, 2.05) is 9.80 Å². The monoisotopic (exact) mass is 357 g/mol. The molecule has 1 aromatic rings. The minimum absolute atomic E-state index is 0. The van der Waals surface area contributed by atoms with Gasteiger partial charge in [-0.2, -0.15) is 0 Å². The fraction of sp³-hybridized carbons (Fsp3) is 0.625. The van der Waals surface area contributed by atoms with E-state index in [0.29, 0.717) is 19.4 Å². The molecule has 0 aromatic carbocycles. The van der Waals surface area contributed by atoms with Crippen molar-refractivity contribution in [2.45, 2.75) is 32.2 Å². The quantitative estimate of drug-likeness (QED) is 0.895. The van der Waals surface area contributed by atoms with E-state index in [9.17, 15) is 9.59 Å². The van der Waals surface area contributed by atoms with E-state index in [-0.39, 0.29) is 24.2 Å². The highest BCUT2D eigenvalue weighted by molar-refractivity contribution is 7.10. The molecule has 2 amide bonds. The molecule has 2 aliphatic heterocycles. The van der Waals surface area contributed by atoms with Crippen LogP contribution in [-0.4, -0.2) is 54.3 Å². The number of thiophene rings is 1. The lowest BCUT2D eigenvalue weighted by molar-refractivity contribution is -0.137. The predicted molar refractivity (Wildman–Crippen MR) is 94.0 cm³/mol. The van der Waals surface area contributed by atoms with Gasteiger partial charge in [0.15, 0.2) is 0 Å². The second-order valence-electron chi connectivity index (χ2n) is 5.92. The number of carbonyl (C=O) groups excluding carboxylic acids is 2. The maximum atomic E-state index is 12.3. The summed E-state index contributed by atoms with van der Waals surface area (Å²) in [4.78, 5) is 29.7. The summed E-state index contributed by atoms with van der Waals surface area (Å²) in [7, 11) is 0. The minimum atomic E-state index is 0. The van der Waals surface area contributed by atoms with Gasteiger partial charge in [-0.1, -0.05) is 0 Å². The van der Waals surface area contributed by atoms with Crippen LogP contribution in [0.5, 0.6) is 0 Å². The zero-order valence-corrected chi connectivity index (χ0v) is 14.9. The van der Waals surface area contributed by atoms with Crippen molar-refractivity contribution in [2.24, 2.45) is 0 Å². The van der Waals surface area contributed by atoms with E-state index in [2.05, 4.69) is 16.8 Å². The molecule has 0 aliphatic carbocycles. The maximum absolute atomic E-state index is 12.3. The van der Waals surface area contributed by atoms with Crippen molar-refractivity contribution in [2.75, 3.05) is 32.7 Å². The van der Waals surface area contributed by atoms with Crippen LogP contribution in [0.25, 0.3) is 0 Å². The molecule has 23 heavy (non-hydrogen) atoms. The Kier molecular flexibility index (Phi) is 6.87.